The number of nitrogens with two attached hydrogens (primary N) is 1. The highest BCUT2D eigenvalue weighted by molar-refractivity contribution is 5.85. The number of likely N-dealkylation sites (tertiary alicyclic amines) is 1. The van der Waals surface area contributed by atoms with Crippen LogP contribution in [0.5, 0.6) is 0 Å². The molecule has 1 saturated heterocycles. The Balaban J connectivity index is 0.00000180. The van der Waals surface area contributed by atoms with Gasteiger partial charge in [-0.15, -0.1) is 12.4 Å². The molecule has 0 aromatic heterocycles. The lowest BCUT2D eigenvalue weighted by molar-refractivity contribution is -0.234. The second-order valence-corrected chi connectivity index (χ2v) is 9.14. The van der Waals surface area contributed by atoms with Crippen molar-refractivity contribution in [3.63, 3.8) is 0 Å². The molecule has 25 heavy (non-hydrogen) atoms. The number of carbonyl (C=O) groups is 1. The number of carbonyl (C=O) groups excluding carboxylic acids is 1. The number of aliphatic hydroxyl groups is 2. The van der Waals surface area contributed by atoms with Crippen molar-refractivity contribution in [2.24, 2.45) is 23.0 Å². The normalized spacial score (nSPS) is 56.2. The predicted octanol–water partition coefficient (Wildman–Crippen LogP) is 0.695. The van der Waals surface area contributed by atoms with Crippen molar-refractivity contribution in [3.05, 3.63) is 0 Å². The second kappa shape index (κ2) is 5.10. The molecular weight excluding hydrogens is 343 g/mol. The first-order valence-corrected chi connectivity index (χ1v) is 8.95. The molecule has 5 saturated carbocycles. The number of amides is 1. The molecule has 7 heteroatoms. The Hall–Kier alpha value is -0.870. The third-order valence-corrected chi connectivity index (χ3v) is 7.15. The van der Waals surface area contributed by atoms with E-state index in [1.807, 2.05) is 0 Å². The van der Waals surface area contributed by atoms with Crippen LogP contribution in [-0.4, -0.2) is 50.3 Å². The molecule has 3 unspecified atom stereocenters. The summed E-state index contributed by atoms with van der Waals surface area (Å²) in [4.78, 5) is 14.7. The van der Waals surface area contributed by atoms with Crippen LogP contribution in [0.2, 0.25) is 0 Å². The number of hydrogen-bond acceptors (Lipinski definition) is 5. The number of rotatable bonds is 2. The van der Waals surface area contributed by atoms with Gasteiger partial charge in [-0.2, -0.15) is 5.26 Å². The summed E-state index contributed by atoms with van der Waals surface area (Å²) in [5.41, 5.74) is 3.85. The molecule has 0 aromatic carbocycles. The van der Waals surface area contributed by atoms with Gasteiger partial charge in [0.2, 0.25) is 5.91 Å². The number of piperidine rings is 1. The standard InChI is InChI=1S/C18H25N3O3.ClH/c19-6-12-1-11-2-13(11)21(12)15(22)14(20)16-3-10-4-17(23,7-16)9-18(24,5-10)8-16;/h10-14,23-24H,1-5,7-9,20H2;1H/t10?,11-,12+,13+,14?,16?,17?,18?;/m1./s1/i2D2,19+1;. The molecule has 0 radical (unpaired) electrons. The van der Waals surface area contributed by atoms with E-state index in [0.29, 0.717) is 44.9 Å². The molecule has 6 atom stereocenters. The summed E-state index contributed by atoms with van der Waals surface area (Å²) in [5.74, 6) is -0.516. The van der Waals surface area contributed by atoms with E-state index >= 15 is 0 Å². The fourth-order valence-corrected chi connectivity index (χ4v) is 6.77. The Bertz CT molecular complexity index is 726. The third kappa shape index (κ3) is 2.36. The lowest BCUT2D eigenvalue weighted by atomic mass is 9.44. The van der Waals surface area contributed by atoms with E-state index in [0.717, 1.165) is 0 Å². The van der Waals surface area contributed by atoms with E-state index in [2.05, 4.69) is 6.07 Å². The molecule has 6 aliphatic rings. The summed E-state index contributed by atoms with van der Waals surface area (Å²) in [6.45, 7) is 0. The Labute approximate surface area is 156 Å². The molecule has 6 fully saturated rings. The maximum absolute atomic E-state index is 13.3. The van der Waals surface area contributed by atoms with E-state index in [1.165, 1.54) is 4.90 Å². The molecular formula is C18H26ClN3O3. The Morgan fingerprint density at radius 1 is 1.28 bits per heavy atom. The minimum Gasteiger partial charge on any atom is -0.390 e. The minimum atomic E-state index is -1.44. The number of nitrogens with zero attached hydrogens (tertiary/aromatic N) is 2. The van der Waals surface area contributed by atoms with Crippen LogP contribution in [0.1, 0.15) is 54.1 Å². The van der Waals surface area contributed by atoms with Crippen molar-refractivity contribution in [3.8, 4) is 6.07 Å². The zero-order chi connectivity index (χ0) is 18.7. The van der Waals surface area contributed by atoms with Gasteiger partial charge in [0.1, 0.15) is 6.04 Å². The Kier molecular flexibility index (Phi) is 3.10. The summed E-state index contributed by atoms with van der Waals surface area (Å²) >= 11 is 0. The fraction of sp³-hybridized carbons (Fsp3) is 0.889. The summed E-state index contributed by atoms with van der Waals surface area (Å²) < 4.78 is 16.0. The molecule has 4 bridgehead atoms. The lowest BCUT2D eigenvalue weighted by Crippen LogP contribution is -2.69. The summed E-state index contributed by atoms with van der Waals surface area (Å²) in [7, 11) is 0. The van der Waals surface area contributed by atoms with Gasteiger partial charge in [0.15, 0.2) is 0 Å². The van der Waals surface area contributed by atoms with Gasteiger partial charge in [0.25, 0.3) is 0 Å². The van der Waals surface area contributed by atoms with Crippen LogP contribution >= 0.6 is 12.4 Å². The van der Waals surface area contributed by atoms with Crippen molar-refractivity contribution in [2.45, 2.75) is 80.6 Å². The molecule has 5 aliphatic carbocycles. The topological polar surface area (TPSA) is 111 Å². The van der Waals surface area contributed by atoms with Crippen LogP contribution in [0.4, 0.5) is 0 Å². The molecule has 6 rings (SSSR count). The van der Waals surface area contributed by atoms with Crippen LogP contribution in [0.3, 0.4) is 0 Å². The molecule has 1 aliphatic heterocycles. The van der Waals surface area contributed by atoms with Gasteiger partial charge < -0.3 is 20.8 Å². The quantitative estimate of drug-likeness (QED) is 0.619. The molecule has 4 N–H and O–H groups in total. The van der Waals surface area contributed by atoms with Gasteiger partial charge >= 0.3 is 0 Å². The van der Waals surface area contributed by atoms with E-state index in [4.69, 9.17) is 8.48 Å². The second-order valence-electron chi connectivity index (χ2n) is 9.14. The lowest BCUT2D eigenvalue weighted by Gasteiger charge is -2.64. The predicted molar refractivity (Wildman–Crippen MR) is 91.5 cm³/mol. The number of halogens is 1. The van der Waals surface area contributed by atoms with Crippen LogP contribution in [0.25, 0.3) is 0 Å². The average molecular weight is 371 g/mol. The van der Waals surface area contributed by atoms with Gasteiger partial charge in [-0.3, -0.25) is 4.79 Å². The summed E-state index contributed by atoms with van der Waals surface area (Å²) in [5, 5.41) is 31.2. The monoisotopic (exact) mass is 370 g/mol. The van der Waals surface area contributed by atoms with Gasteiger partial charge in [0.05, 0.1) is 23.3 Å². The largest absolute Gasteiger partial charge is 0.390 e. The van der Waals surface area contributed by atoms with Crippen molar-refractivity contribution < 1.29 is 17.7 Å². The highest BCUT2D eigenvalue weighted by atomic mass is 35.5. The smallest absolute Gasteiger partial charge is 0.241 e. The van der Waals surface area contributed by atoms with Crippen LogP contribution in [0.15, 0.2) is 0 Å². The van der Waals surface area contributed by atoms with Crippen molar-refractivity contribution in [1.29, 1.82) is 5.26 Å². The number of nitriles is 1. The Morgan fingerprint density at radius 2 is 1.92 bits per heavy atom. The van der Waals surface area contributed by atoms with E-state index in [9.17, 15) is 20.3 Å². The van der Waals surface area contributed by atoms with E-state index in [1.54, 1.807) is 0 Å². The summed E-state index contributed by atoms with van der Waals surface area (Å²) in [6, 6.07) is 0.00381. The summed E-state index contributed by atoms with van der Waals surface area (Å²) in [6.07, 6.45) is 2.06. The van der Waals surface area contributed by atoms with Crippen LogP contribution < -0.4 is 5.73 Å². The first-order valence-electron chi connectivity index (χ1n) is 9.95. The maximum atomic E-state index is 13.3. The molecule has 138 valence electrons. The molecule has 6 nitrogen and oxygen atoms in total. The van der Waals surface area contributed by atoms with Crippen molar-refractivity contribution >= 4 is 18.3 Å². The first-order chi connectivity index (χ1) is 12.0. The third-order valence-electron chi connectivity index (χ3n) is 7.15. The zero-order valence-corrected chi connectivity index (χ0v) is 14.8. The fourth-order valence-electron chi connectivity index (χ4n) is 6.77. The zero-order valence-electron chi connectivity index (χ0n) is 16.0. The minimum absolute atomic E-state index is 0. The van der Waals surface area contributed by atoms with Crippen molar-refractivity contribution in [2.75, 3.05) is 0 Å². The first kappa shape index (κ1) is 15.2. The van der Waals surface area contributed by atoms with E-state index < -0.39 is 41.1 Å². The van der Waals surface area contributed by atoms with Crippen molar-refractivity contribution in [1.82, 2.24) is 4.90 Å². The van der Waals surface area contributed by atoms with E-state index in [-0.39, 0.29) is 30.2 Å². The van der Waals surface area contributed by atoms with Gasteiger partial charge in [-0.25, -0.2) is 0 Å². The van der Waals surface area contributed by atoms with Gasteiger partial charge in [-0.05, 0) is 56.7 Å². The SMILES string of the molecule is Cl.[2H]C1([2H])[C@H]2C[C@@H](C#[15N])N(C(=O)C(N)C34CC5CC(O)(CC(O)(C5)C3)C4)[C@H]21. The average Bonchev–Trinajstić information content (AvgIpc) is 2.88. The molecule has 0 spiro atoms. The highest BCUT2D eigenvalue weighted by Gasteiger charge is 2.66. The van der Waals surface area contributed by atoms with Crippen LogP contribution in [0, 0.1) is 28.6 Å². The van der Waals surface area contributed by atoms with Crippen LogP contribution in [-0.2, 0) is 4.79 Å². The molecule has 0 aromatic rings. The highest BCUT2D eigenvalue weighted by Crippen LogP contribution is 2.64. The maximum Gasteiger partial charge on any atom is 0.241 e. The van der Waals surface area contributed by atoms with Gasteiger partial charge in [-0.1, -0.05) is 0 Å². The number of fused-ring (bicyclic) bond motifs is 1. The van der Waals surface area contributed by atoms with Gasteiger partial charge in [0, 0.05) is 20.6 Å². The Morgan fingerprint density at radius 3 is 2.48 bits per heavy atom. The number of hydrogen-bond donors (Lipinski definition) is 3. The molecule has 1 amide bonds. The molecule has 1 heterocycles.